The molecule has 2 aromatic rings. The van der Waals surface area contributed by atoms with E-state index in [1.807, 2.05) is 19.1 Å². The highest BCUT2D eigenvalue weighted by atomic mass is 19.1. The van der Waals surface area contributed by atoms with Crippen molar-refractivity contribution in [3.05, 3.63) is 65.0 Å². The summed E-state index contributed by atoms with van der Waals surface area (Å²) in [4.78, 5) is 4.13. The van der Waals surface area contributed by atoms with E-state index < -0.39 is 17.7 Å². The summed E-state index contributed by atoms with van der Waals surface area (Å²) < 4.78 is 27.0. The van der Waals surface area contributed by atoms with E-state index in [4.69, 9.17) is 5.73 Å². The van der Waals surface area contributed by atoms with Crippen molar-refractivity contribution >= 4 is 0 Å². The third kappa shape index (κ3) is 2.71. The predicted octanol–water partition coefficient (Wildman–Crippen LogP) is 2.91. The molecule has 0 saturated carbocycles. The second kappa shape index (κ2) is 5.23. The summed E-state index contributed by atoms with van der Waals surface area (Å²) in [6, 6.07) is 6.95. The molecule has 2 N–H and O–H groups in total. The zero-order valence-electron chi connectivity index (χ0n) is 10.0. The standard InChI is InChI=1S/C14H14F2N2/c1-9-5-6-18-14(7-9)13(17)8-10-11(15)3-2-4-12(10)16/h2-7,13H,8,17H2,1H3. The molecule has 0 saturated heterocycles. The minimum Gasteiger partial charge on any atom is -0.322 e. The van der Waals surface area contributed by atoms with Gasteiger partial charge in [-0.2, -0.15) is 0 Å². The average molecular weight is 248 g/mol. The Hall–Kier alpha value is -1.81. The van der Waals surface area contributed by atoms with Crippen molar-refractivity contribution in [2.75, 3.05) is 0 Å². The second-order valence-corrected chi connectivity index (χ2v) is 4.27. The number of hydrogen-bond acceptors (Lipinski definition) is 2. The third-order valence-corrected chi connectivity index (χ3v) is 2.80. The van der Waals surface area contributed by atoms with Crippen LogP contribution in [0, 0.1) is 18.6 Å². The van der Waals surface area contributed by atoms with Crippen LogP contribution in [0.15, 0.2) is 36.5 Å². The van der Waals surface area contributed by atoms with Crippen molar-refractivity contribution in [1.82, 2.24) is 4.98 Å². The van der Waals surface area contributed by atoms with E-state index in [1.54, 1.807) is 6.20 Å². The van der Waals surface area contributed by atoms with E-state index in [0.717, 1.165) is 5.56 Å². The zero-order valence-corrected chi connectivity index (χ0v) is 10.0. The van der Waals surface area contributed by atoms with Gasteiger partial charge in [0.05, 0.1) is 11.7 Å². The normalized spacial score (nSPS) is 12.4. The largest absolute Gasteiger partial charge is 0.322 e. The van der Waals surface area contributed by atoms with Crippen molar-refractivity contribution in [2.45, 2.75) is 19.4 Å². The molecule has 1 unspecified atom stereocenters. The minimum absolute atomic E-state index is 0.00769. The van der Waals surface area contributed by atoms with E-state index in [9.17, 15) is 8.78 Å². The lowest BCUT2D eigenvalue weighted by Crippen LogP contribution is -2.16. The van der Waals surface area contributed by atoms with E-state index in [2.05, 4.69) is 4.98 Å². The first-order valence-electron chi connectivity index (χ1n) is 5.69. The smallest absolute Gasteiger partial charge is 0.129 e. The van der Waals surface area contributed by atoms with Crippen molar-refractivity contribution in [3.8, 4) is 0 Å². The van der Waals surface area contributed by atoms with Gasteiger partial charge in [-0.15, -0.1) is 0 Å². The predicted molar refractivity (Wildman–Crippen MR) is 66.0 cm³/mol. The summed E-state index contributed by atoms with van der Waals surface area (Å²) >= 11 is 0. The van der Waals surface area contributed by atoms with Gasteiger partial charge >= 0.3 is 0 Å². The summed E-state index contributed by atoms with van der Waals surface area (Å²) in [5.74, 6) is -1.14. The summed E-state index contributed by atoms with van der Waals surface area (Å²) in [5.41, 5.74) is 7.60. The average Bonchev–Trinajstić information content (AvgIpc) is 2.34. The molecule has 0 spiro atoms. The fourth-order valence-corrected chi connectivity index (χ4v) is 1.81. The highest BCUT2D eigenvalue weighted by Gasteiger charge is 2.15. The first kappa shape index (κ1) is 12.6. The highest BCUT2D eigenvalue weighted by molar-refractivity contribution is 5.24. The molecule has 2 rings (SSSR count). The van der Waals surface area contributed by atoms with Gasteiger partial charge in [0, 0.05) is 11.8 Å². The molecule has 0 amide bonds. The Kier molecular flexibility index (Phi) is 3.67. The van der Waals surface area contributed by atoms with E-state index >= 15 is 0 Å². The summed E-state index contributed by atoms with van der Waals surface area (Å²) in [5, 5.41) is 0. The van der Waals surface area contributed by atoms with Crippen molar-refractivity contribution in [3.63, 3.8) is 0 Å². The van der Waals surface area contributed by atoms with Gasteiger partial charge in [-0.3, -0.25) is 4.98 Å². The van der Waals surface area contributed by atoms with E-state index in [-0.39, 0.29) is 12.0 Å². The Morgan fingerprint density at radius 1 is 1.22 bits per heavy atom. The van der Waals surface area contributed by atoms with Crippen LogP contribution in [0.1, 0.15) is 22.9 Å². The highest BCUT2D eigenvalue weighted by Crippen LogP contribution is 2.19. The van der Waals surface area contributed by atoms with Crippen LogP contribution in [0.2, 0.25) is 0 Å². The van der Waals surface area contributed by atoms with Crippen LogP contribution in [0.3, 0.4) is 0 Å². The maximum atomic E-state index is 13.5. The van der Waals surface area contributed by atoms with Crippen molar-refractivity contribution in [1.29, 1.82) is 0 Å². The second-order valence-electron chi connectivity index (χ2n) is 4.27. The molecule has 0 aliphatic rings. The SMILES string of the molecule is Cc1ccnc(C(N)Cc2c(F)cccc2F)c1. The number of aryl methyl sites for hydroxylation is 1. The van der Waals surface area contributed by atoms with E-state index in [0.29, 0.717) is 5.69 Å². The molecule has 0 radical (unpaired) electrons. The van der Waals surface area contributed by atoms with Gasteiger partial charge in [0.25, 0.3) is 0 Å². The fourth-order valence-electron chi connectivity index (χ4n) is 1.81. The maximum Gasteiger partial charge on any atom is 0.129 e. The Labute approximate surface area is 104 Å². The number of halogens is 2. The van der Waals surface area contributed by atoms with Crippen LogP contribution in [-0.2, 0) is 6.42 Å². The lowest BCUT2D eigenvalue weighted by atomic mass is 10.0. The van der Waals surface area contributed by atoms with Gasteiger partial charge in [0.2, 0.25) is 0 Å². The fraction of sp³-hybridized carbons (Fsp3) is 0.214. The Balaban J connectivity index is 2.24. The molecule has 0 bridgehead atoms. The number of benzene rings is 1. The van der Waals surface area contributed by atoms with Crippen LogP contribution in [-0.4, -0.2) is 4.98 Å². The topological polar surface area (TPSA) is 38.9 Å². The molecule has 4 heteroatoms. The molecule has 94 valence electrons. The third-order valence-electron chi connectivity index (χ3n) is 2.80. The van der Waals surface area contributed by atoms with Crippen LogP contribution in [0.4, 0.5) is 8.78 Å². The van der Waals surface area contributed by atoms with Crippen LogP contribution in [0.25, 0.3) is 0 Å². The lowest BCUT2D eigenvalue weighted by Gasteiger charge is -2.12. The van der Waals surface area contributed by atoms with Gasteiger partial charge in [-0.25, -0.2) is 8.78 Å². The number of aromatic nitrogens is 1. The number of rotatable bonds is 3. The minimum atomic E-state index is -0.571. The Morgan fingerprint density at radius 3 is 2.50 bits per heavy atom. The molecular formula is C14H14F2N2. The first-order valence-corrected chi connectivity index (χ1v) is 5.69. The number of pyridine rings is 1. The molecule has 0 aliphatic heterocycles. The Morgan fingerprint density at radius 2 is 1.89 bits per heavy atom. The summed E-state index contributed by atoms with van der Waals surface area (Å²) in [7, 11) is 0. The van der Waals surface area contributed by atoms with Gasteiger partial charge in [-0.05, 0) is 43.2 Å². The van der Waals surface area contributed by atoms with Crippen LogP contribution >= 0.6 is 0 Å². The number of nitrogens with two attached hydrogens (primary N) is 1. The van der Waals surface area contributed by atoms with Crippen molar-refractivity contribution in [2.24, 2.45) is 5.73 Å². The molecule has 18 heavy (non-hydrogen) atoms. The van der Waals surface area contributed by atoms with Gasteiger partial charge in [0.15, 0.2) is 0 Å². The van der Waals surface area contributed by atoms with Gasteiger partial charge in [0.1, 0.15) is 11.6 Å². The number of nitrogens with zero attached hydrogens (tertiary/aromatic N) is 1. The monoisotopic (exact) mass is 248 g/mol. The lowest BCUT2D eigenvalue weighted by molar-refractivity contribution is 0.537. The molecular weight excluding hydrogens is 234 g/mol. The van der Waals surface area contributed by atoms with E-state index in [1.165, 1.54) is 18.2 Å². The summed E-state index contributed by atoms with van der Waals surface area (Å²) in [6.45, 7) is 1.92. The maximum absolute atomic E-state index is 13.5. The number of hydrogen-bond donors (Lipinski definition) is 1. The molecule has 1 heterocycles. The van der Waals surface area contributed by atoms with Crippen LogP contribution in [0.5, 0.6) is 0 Å². The summed E-state index contributed by atoms with van der Waals surface area (Å²) in [6.07, 6.45) is 1.73. The Bertz CT molecular complexity index is 535. The zero-order chi connectivity index (χ0) is 13.1. The molecule has 2 nitrogen and oxygen atoms in total. The van der Waals surface area contributed by atoms with Crippen LogP contribution < -0.4 is 5.73 Å². The molecule has 1 aromatic heterocycles. The molecule has 0 aliphatic carbocycles. The first-order chi connectivity index (χ1) is 8.58. The van der Waals surface area contributed by atoms with Crippen molar-refractivity contribution < 1.29 is 8.78 Å². The molecule has 1 aromatic carbocycles. The van der Waals surface area contributed by atoms with Gasteiger partial charge in [-0.1, -0.05) is 6.07 Å². The molecule has 1 atom stereocenters. The quantitative estimate of drug-likeness (QED) is 0.907. The molecule has 0 fully saturated rings. The van der Waals surface area contributed by atoms with Gasteiger partial charge < -0.3 is 5.73 Å².